The fourth-order valence-corrected chi connectivity index (χ4v) is 6.09. The monoisotopic (exact) mass is 564 g/mol. The third kappa shape index (κ3) is 7.63. The van der Waals surface area contributed by atoms with Crippen LogP contribution >= 0.6 is 11.8 Å². The molecule has 1 saturated heterocycles. The third-order valence-corrected chi connectivity index (χ3v) is 8.40. The average molecular weight is 565 g/mol. The Morgan fingerprint density at radius 1 is 1.23 bits per heavy atom. The largest absolute Gasteiger partial charge is 0.497 e. The normalized spacial score (nSPS) is 19.2. The van der Waals surface area contributed by atoms with Crippen LogP contribution in [0.2, 0.25) is 0 Å². The van der Waals surface area contributed by atoms with Crippen molar-refractivity contribution in [1.29, 1.82) is 0 Å². The predicted octanol–water partition coefficient (Wildman–Crippen LogP) is 7.26. The molecule has 2 heterocycles. The zero-order valence-electron chi connectivity index (χ0n) is 21.7. The summed E-state index contributed by atoms with van der Waals surface area (Å²) in [6.07, 6.45) is -1.96. The van der Waals surface area contributed by atoms with Crippen LogP contribution < -0.4 is 4.74 Å². The van der Waals surface area contributed by atoms with E-state index >= 15 is 4.39 Å². The quantitative estimate of drug-likeness (QED) is 0.150. The van der Waals surface area contributed by atoms with Crippen LogP contribution in [-0.2, 0) is 11.0 Å². The lowest BCUT2D eigenvalue weighted by Gasteiger charge is -2.36. The highest BCUT2D eigenvalue weighted by Gasteiger charge is 2.34. The number of nitrogens with zero attached hydrogens (tertiary/aromatic N) is 2. The smallest absolute Gasteiger partial charge is 0.416 e. The van der Waals surface area contributed by atoms with Gasteiger partial charge in [-0.3, -0.25) is 9.78 Å². The number of halogens is 4. The van der Waals surface area contributed by atoms with Crippen molar-refractivity contribution in [1.82, 2.24) is 9.88 Å². The molecule has 3 aromatic rings. The van der Waals surface area contributed by atoms with E-state index in [-0.39, 0.29) is 12.3 Å². The fourth-order valence-electron chi connectivity index (χ4n) is 5.20. The second kappa shape index (κ2) is 13.0. The van der Waals surface area contributed by atoms with Crippen molar-refractivity contribution < 1.29 is 32.2 Å². The Morgan fingerprint density at radius 2 is 2.05 bits per heavy atom. The Kier molecular flexibility index (Phi) is 9.71. The van der Waals surface area contributed by atoms with Gasteiger partial charge in [0.1, 0.15) is 11.9 Å². The standard InChI is InChI=1S/C29H32F4N2O3S/c1-38-21-7-9-27-24(17-21)23(10-12-34-27)26(30)8-6-19-11-14-35(18-25(19)28(36)37)13-3-15-39-22-5-2-4-20(16-22)29(31,32)33/h2,4-5,7,9-10,12,16-17,19,25-26H,3,6,8,11,13-15,18H2,1H3,(H,36,37)/t19-,25+,26+/m1/s1. The topological polar surface area (TPSA) is 62.7 Å². The molecule has 2 aromatic carbocycles. The lowest BCUT2D eigenvalue weighted by Crippen LogP contribution is -2.44. The molecule has 1 aromatic heterocycles. The van der Waals surface area contributed by atoms with Crippen molar-refractivity contribution in [3.63, 3.8) is 0 Å². The van der Waals surface area contributed by atoms with E-state index in [1.165, 1.54) is 17.8 Å². The summed E-state index contributed by atoms with van der Waals surface area (Å²) in [6, 6.07) is 12.3. The van der Waals surface area contributed by atoms with Crippen LogP contribution in [0.3, 0.4) is 0 Å². The van der Waals surface area contributed by atoms with Crippen molar-refractivity contribution in [2.24, 2.45) is 11.8 Å². The number of alkyl halides is 4. The van der Waals surface area contributed by atoms with E-state index in [2.05, 4.69) is 9.88 Å². The second-order valence-electron chi connectivity index (χ2n) is 9.85. The summed E-state index contributed by atoms with van der Waals surface area (Å²) in [5.74, 6) is -0.337. The minimum absolute atomic E-state index is 0.126. The van der Waals surface area contributed by atoms with Crippen molar-refractivity contribution >= 4 is 28.6 Å². The number of carboxylic acids is 1. The molecule has 0 aliphatic carbocycles. The molecule has 3 atom stereocenters. The number of ether oxygens (including phenoxy) is 1. The van der Waals surface area contributed by atoms with E-state index in [4.69, 9.17) is 4.74 Å². The van der Waals surface area contributed by atoms with Crippen molar-refractivity contribution in [2.75, 3.05) is 32.5 Å². The maximum atomic E-state index is 15.4. The van der Waals surface area contributed by atoms with Gasteiger partial charge < -0.3 is 14.7 Å². The second-order valence-corrected chi connectivity index (χ2v) is 11.0. The Morgan fingerprint density at radius 3 is 2.79 bits per heavy atom. The van der Waals surface area contributed by atoms with Crippen LogP contribution in [0.4, 0.5) is 17.6 Å². The van der Waals surface area contributed by atoms with Crippen LogP contribution in [0, 0.1) is 11.8 Å². The zero-order valence-corrected chi connectivity index (χ0v) is 22.5. The van der Waals surface area contributed by atoms with Gasteiger partial charge in [-0.25, -0.2) is 4.39 Å². The number of likely N-dealkylation sites (tertiary alicyclic amines) is 1. The van der Waals surface area contributed by atoms with E-state index in [0.29, 0.717) is 58.8 Å². The number of hydrogen-bond donors (Lipinski definition) is 1. The summed E-state index contributed by atoms with van der Waals surface area (Å²) in [5.41, 5.74) is 0.548. The first-order valence-electron chi connectivity index (χ1n) is 13.0. The molecule has 0 unspecified atom stereocenters. The van der Waals surface area contributed by atoms with Crippen molar-refractivity contribution in [3.8, 4) is 5.75 Å². The highest BCUT2D eigenvalue weighted by Crippen LogP contribution is 2.36. The lowest BCUT2D eigenvalue weighted by molar-refractivity contribution is -0.146. The van der Waals surface area contributed by atoms with Crippen LogP contribution in [0.1, 0.15) is 43.0 Å². The molecule has 4 rings (SSSR count). The minimum Gasteiger partial charge on any atom is -0.497 e. The Labute approximate surface area is 229 Å². The van der Waals surface area contributed by atoms with Crippen molar-refractivity contribution in [3.05, 3.63) is 65.9 Å². The number of methoxy groups -OCH3 is 1. The molecule has 10 heteroatoms. The zero-order chi connectivity index (χ0) is 28.0. The van der Waals surface area contributed by atoms with E-state index in [9.17, 15) is 23.1 Å². The number of rotatable bonds is 11. The lowest BCUT2D eigenvalue weighted by atomic mass is 9.81. The van der Waals surface area contributed by atoms with Gasteiger partial charge in [-0.05, 0) is 98.5 Å². The molecule has 1 N–H and O–H groups in total. The molecule has 1 aliphatic heterocycles. The summed E-state index contributed by atoms with van der Waals surface area (Å²) < 4.78 is 59.4. The average Bonchev–Trinajstić information content (AvgIpc) is 2.93. The van der Waals surface area contributed by atoms with Gasteiger partial charge in [0.25, 0.3) is 0 Å². The van der Waals surface area contributed by atoms with Gasteiger partial charge in [-0.15, -0.1) is 11.8 Å². The summed E-state index contributed by atoms with van der Waals surface area (Å²) in [7, 11) is 1.55. The molecule has 1 fully saturated rings. The molecule has 0 amide bonds. The number of hydrogen-bond acceptors (Lipinski definition) is 5. The minimum atomic E-state index is -4.37. The first-order valence-corrected chi connectivity index (χ1v) is 14.0. The SMILES string of the molecule is COc1ccc2nccc([C@@H](F)CC[C@@H]3CCN(CCCSc4cccc(C(F)(F)F)c4)C[C@@H]3C(=O)O)c2c1. The third-order valence-electron chi connectivity index (χ3n) is 7.32. The van der Waals surface area contributed by atoms with Crippen LogP contribution in [0.15, 0.2) is 59.6 Å². The molecule has 0 bridgehead atoms. The molecular formula is C29H32F4N2O3S. The number of aliphatic carboxylic acids is 1. The summed E-state index contributed by atoms with van der Waals surface area (Å²) >= 11 is 1.36. The van der Waals surface area contributed by atoms with Gasteiger partial charge in [-0.1, -0.05) is 6.07 Å². The number of fused-ring (bicyclic) bond motifs is 1. The van der Waals surface area contributed by atoms with Gasteiger partial charge in [0, 0.05) is 23.0 Å². The molecular weight excluding hydrogens is 532 g/mol. The molecule has 0 spiro atoms. The number of carboxylic acid groups (broad SMARTS) is 1. The van der Waals surface area contributed by atoms with E-state index in [0.717, 1.165) is 25.1 Å². The number of piperidine rings is 1. The van der Waals surface area contributed by atoms with Crippen LogP contribution in [0.5, 0.6) is 5.75 Å². The fraction of sp³-hybridized carbons (Fsp3) is 0.448. The first-order chi connectivity index (χ1) is 18.7. The molecule has 0 radical (unpaired) electrons. The highest BCUT2D eigenvalue weighted by atomic mass is 32.2. The summed E-state index contributed by atoms with van der Waals surface area (Å²) in [5, 5.41) is 10.6. The maximum Gasteiger partial charge on any atom is 0.416 e. The van der Waals surface area contributed by atoms with E-state index in [1.54, 1.807) is 43.6 Å². The van der Waals surface area contributed by atoms with Gasteiger partial charge in [0.05, 0.1) is 24.1 Å². The van der Waals surface area contributed by atoms with Gasteiger partial charge in [0.15, 0.2) is 0 Å². The van der Waals surface area contributed by atoms with Crippen LogP contribution in [0.25, 0.3) is 10.9 Å². The molecule has 5 nitrogen and oxygen atoms in total. The number of carbonyl (C=O) groups is 1. The van der Waals surface area contributed by atoms with Gasteiger partial charge >= 0.3 is 12.1 Å². The number of pyridine rings is 1. The Hall–Kier alpha value is -2.85. The summed E-state index contributed by atoms with van der Waals surface area (Å²) in [4.78, 5) is 19.0. The number of thioether (sulfide) groups is 1. The highest BCUT2D eigenvalue weighted by molar-refractivity contribution is 7.99. The molecule has 1 aliphatic rings. The van der Waals surface area contributed by atoms with Gasteiger partial charge in [-0.2, -0.15) is 13.2 Å². The van der Waals surface area contributed by atoms with Crippen molar-refractivity contribution in [2.45, 2.75) is 42.9 Å². The Balaban J connectivity index is 1.28. The van der Waals surface area contributed by atoms with Crippen LogP contribution in [-0.4, -0.2) is 53.5 Å². The predicted molar refractivity (Wildman–Crippen MR) is 144 cm³/mol. The Bertz CT molecular complexity index is 1270. The first kappa shape index (κ1) is 29.1. The molecule has 0 saturated carbocycles. The van der Waals surface area contributed by atoms with E-state index < -0.39 is 29.8 Å². The molecule has 210 valence electrons. The summed E-state index contributed by atoms with van der Waals surface area (Å²) in [6.45, 7) is 1.77. The number of benzene rings is 2. The molecule has 39 heavy (non-hydrogen) atoms. The maximum absolute atomic E-state index is 15.4. The van der Waals surface area contributed by atoms with Gasteiger partial charge in [0.2, 0.25) is 0 Å². The number of aromatic nitrogens is 1. The van der Waals surface area contributed by atoms with E-state index in [1.807, 2.05) is 0 Å².